The maximum Gasteiger partial charge on any atom is 0.433 e. The molecule has 0 radical (unpaired) electrons. The Morgan fingerprint density at radius 2 is 1.52 bits per heavy atom. The molecule has 0 spiro atoms. The minimum atomic E-state index is -4.46. The number of amides is 1. The molecule has 5 rings (SSSR count). The monoisotopic (exact) mass is 572 g/mol. The van der Waals surface area contributed by atoms with Gasteiger partial charge in [-0.05, 0) is 37.3 Å². The molecule has 0 aliphatic heterocycles. The van der Waals surface area contributed by atoms with Crippen LogP contribution in [0.25, 0.3) is 28.2 Å². The Morgan fingerprint density at radius 1 is 0.925 bits per heavy atom. The fourth-order valence-electron chi connectivity index (χ4n) is 3.66. The van der Waals surface area contributed by atoms with E-state index >= 15 is 0 Å². The summed E-state index contributed by atoms with van der Waals surface area (Å²) in [6, 6.07) is 17.3. The Morgan fingerprint density at radius 3 is 2.05 bits per heavy atom. The third-order valence-electron chi connectivity index (χ3n) is 5.59. The van der Waals surface area contributed by atoms with Gasteiger partial charge in [-0.1, -0.05) is 42.0 Å². The average molecular weight is 573 g/mol. The minimum absolute atomic E-state index is 0.0666. The zero-order valence-corrected chi connectivity index (χ0v) is 22.2. The van der Waals surface area contributed by atoms with Crippen molar-refractivity contribution in [1.29, 1.82) is 0 Å². The van der Waals surface area contributed by atoms with Gasteiger partial charge in [0.15, 0.2) is 11.5 Å². The predicted octanol–water partition coefficient (Wildman–Crippen LogP) is 5.02. The number of anilines is 1. The van der Waals surface area contributed by atoms with Crippen LogP contribution in [0.2, 0.25) is 0 Å². The van der Waals surface area contributed by atoms with E-state index in [4.69, 9.17) is 4.55 Å². The number of hydrogen-bond acceptors (Lipinski definition) is 6. The van der Waals surface area contributed by atoms with Crippen molar-refractivity contribution in [2.24, 2.45) is 7.05 Å². The average Bonchev–Trinajstić information content (AvgIpc) is 3.47. The molecule has 5 aromatic rings. The third-order valence-corrected chi connectivity index (χ3v) is 6.46. The van der Waals surface area contributed by atoms with Crippen LogP contribution in [0.4, 0.5) is 19.0 Å². The van der Waals surface area contributed by atoms with E-state index in [0.717, 1.165) is 21.9 Å². The molecular weight excluding hydrogens is 549 g/mol. The van der Waals surface area contributed by atoms with Gasteiger partial charge in [-0.25, -0.2) is 9.50 Å². The number of nitrogens with zero attached hydrogens (tertiary/aromatic N) is 5. The largest absolute Gasteiger partial charge is 0.433 e. The second-order valence-electron chi connectivity index (χ2n) is 8.73. The molecule has 2 aromatic carbocycles. The number of halogens is 3. The number of hydrogen-bond donors (Lipinski definition) is 2. The van der Waals surface area contributed by atoms with Gasteiger partial charge in [0.1, 0.15) is 5.69 Å². The summed E-state index contributed by atoms with van der Waals surface area (Å²) in [5.74, 6) is 0.177. The minimum Gasteiger partial charge on any atom is -0.309 e. The number of carbonyl (C=O) groups excluding carboxylic acids is 1. The molecule has 1 amide bonds. The van der Waals surface area contributed by atoms with Crippen LogP contribution < -0.4 is 5.32 Å². The fourth-order valence-corrected chi connectivity index (χ4v) is 4.14. The van der Waals surface area contributed by atoms with Crippen LogP contribution in [0, 0.1) is 6.92 Å². The second kappa shape index (κ2) is 10.9. The third kappa shape index (κ3) is 6.71. The molecule has 0 bridgehead atoms. The van der Waals surface area contributed by atoms with Gasteiger partial charge in [-0.15, -0.1) is 5.10 Å². The standard InChI is InChI=1S/C19H15F3N6O.C7H8O3S/c1-11(29)23-17-7-8-18-24-15(10-28(18)26-17)13-5-3-12(4-6-13)14-9-16(19(20,21)22)27(2)25-14;1-6-2-4-7(5-3-6)11(8,9)10/h3-10H,1-2H3,(H,23,26,29);2-5H,1H3,(H,8,9,10). The summed E-state index contributed by atoms with van der Waals surface area (Å²) in [4.78, 5) is 15.6. The van der Waals surface area contributed by atoms with Crippen molar-refractivity contribution in [3.05, 3.63) is 84.2 Å². The zero-order valence-electron chi connectivity index (χ0n) is 21.4. The highest BCUT2D eigenvalue weighted by molar-refractivity contribution is 7.85. The first kappa shape index (κ1) is 28.4. The second-order valence-corrected chi connectivity index (χ2v) is 10.2. The number of carbonyl (C=O) groups is 1. The van der Waals surface area contributed by atoms with E-state index < -0.39 is 22.0 Å². The molecule has 0 saturated carbocycles. The van der Waals surface area contributed by atoms with E-state index in [2.05, 4.69) is 20.5 Å². The van der Waals surface area contributed by atoms with E-state index in [-0.39, 0.29) is 16.5 Å². The van der Waals surface area contributed by atoms with Crippen molar-refractivity contribution in [3.63, 3.8) is 0 Å². The Hall–Kier alpha value is -4.56. The first-order valence-corrected chi connectivity index (χ1v) is 13.0. The molecule has 0 aliphatic rings. The van der Waals surface area contributed by atoms with Crippen molar-refractivity contribution in [2.75, 3.05) is 5.32 Å². The zero-order chi connectivity index (χ0) is 29.2. The lowest BCUT2D eigenvalue weighted by Crippen LogP contribution is -2.11. The molecule has 0 fully saturated rings. The van der Waals surface area contributed by atoms with Crippen LogP contribution >= 0.6 is 0 Å². The molecule has 0 unspecified atom stereocenters. The number of nitrogens with one attached hydrogen (secondary N) is 1. The smallest absolute Gasteiger partial charge is 0.309 e. The van der Waals surface area contributed by atoms with Crippen LogP contribution in [0.15, 0.2) is 77.8 Å². The Bertz CT molecular complexity index is 1780. The van der Waals surface area contributed by atoms with Crippen molar-refractivity contribution in [3.8, 4) is 22.5 Å². The molecule has 3 aromatic heterocycles. The summed E-state index contributed by atoms with van der Waals surface area (Å²) in [6.07, 6.45) is -2.75. The normalized spacial score (nSPS) is 11.7. The van der Waals surface area contributed by atoms with Gasteiger partial charge in [-0.2, -0.15) is 26.7 Å². The topological polar surface area (TPSA) is 131 Å². The summed E-state index contributed by atoms with van der Waals surface area (Å²) in [6.45, 7) is 3.24. The van der Waals surface area contributed by atoms with Gasteiger partial charge in [0, 0.05) is 25.1 Å². The molecule has 0 saturated heterocycles. The van der Waals surface area contributed by atoms with E-state index in [1.54, 1.807) is 59.2 Å². The first-order valence-electron chi connectivity index (χ1n) is 11.6. The van der Waals surface area contributed by atoms with E-state index in [1.807, 2.05) is 6.92 Å². The Kier molecular flexibility index (Phi) is 7.75. The van der Waals surface area contributed by atoms with Gasteiger partial charge in [0.25, 0.3) is 10.1 Å². The van der Waals surface area contributed by atoms with E-state index in [0.29, 0.717) is 22.7 Å². The number of imidazole rings is 1. The summed E-state index contributed by atoms with van der Waals surface area (Å²) in [5.41, 5.74) is 2.96. The van der Waals surface area contributed by atoms with Crippen molar-refractivity contribution < 1.29 is 30.9 Å². The van der Waals surface area contributed by atoms with Crippen LogP contribution in [0.1, 0.15) is 18.2 Å². The molecule has 2 N–H and O–H groups in total. The van der Waals surface area contributed by atoms with Crippen molar-refractivity contribution in [2.45, 2.75) is 24.9 Å². The van der Waals surface area contributed by atoms with E-state index in [1.165, 1.54) is 26.1 Å². The molecule has 0 atom stereocenters. The van der Waals surface area contributed by atoms with Gasteiger partial charge in [-0.3, -0.25) is 14.0 Å². The first-order chi connectivity index (χ1) is 18.7. The van der Waals surface area contributed by atoms with Crippen LogP contribution in [0.5, 0.6) is 0 Å². The number of fused-ring (bicyclic) bond motifs is 1. The highest BCUT2D eigenvalue weighted by Crippen LogP contribution is 2.32. The van der Waals surface area contributed by atoms with Gasteiger partial charge in [0.2, 0.25) is 5.91 Å². The van der Waals surface area contributed by atoms with Crippen LogP contribution in [0.3, 0.4) is 0 Å². The number of aromatic nitrogens is 5. The Labute approximate surface area is 226 Å². The maximum absolute atomic E-state index is 13.0. The van der Waals surface area contributed by atoms with Gasteiger partial charge in [0.05, 0.1) is 22.5 Å². The van der Waals surface area contributed by atoms with Gasteiger partial charge < -0.3 is 5.32 Å². The summed E-state index contributed by atoms with van der Waals surface area (Å²) < 4.78 is 70.8. The SMILES string of the molecule is CC(=O)Nc1ccc2nc(-c3ccc(-c4cc(C(F)(F)F)n(C)n4)cc3)cn2n1.Cc1ccc(S(=O)(=O)O)cc1. The number of alkyl halides is 3. The summed E-state index contributed by atoms with van der Waals surface area (Å²) in [7, 11) is -2.76. The van der Waals surface area contributed by atoms with Gasteiger partial charge >= 0.3 is 6.18 Å². The highest BCUT2D eigenvalue weighted by atomic mass is 32.2. The summed E-state index contributed by atoms with van der Waals surface area (Å²) >= 11 is 0. The molecule has 208 valence electrons. The molecule has 40 heavy (non-hydrogen) atoms. The summed E-state index contributed by atoms with van der Waals surface area (Å²) in [5, 5.41) is 10.8. The lowest BCUT2D eigenvalue weighted by Gasteiger charge is -2.04. The van der Waals surface area contributed by atoms with Crippen LogP contribution in [-0.2, 0) is 28.1 Å². The number of aryl methyl sites for hydroxylation is 2. The number of rotatable bonds is 4. The van der Waals surface area contributed by atoms with Crippen molar-refractivity contribution >= 4 is 27.5 Å². The van der Waals surface area contributed by atoms with E-state index in [9.17, 15) is 26.4 Å². The molecule has 3 heterocycles. The molecule has 14 heteroatoms. The van der Waals surface area contributed by atoms with Crippen molar-refractivity contribution in [1.82, 2.24) is 24.4 Å². The van der Waals surface area contributed by atoms with Crippen LogP contribution in [-0.4, -0.2) is 43.3 Å². The molecular formula is C26H23F3N6O4S. The Balaban J connectivity index is 0.000000283. The maximum atomic E-state index is 13.0. The number of benzene rings is 2. The quantitative estimate of drug-likeness (QED) is 0.289. The fraction of sp³-hybridized carbons (Fsp3) is 0.154. The highest BCUT2D eigenvalue weighted by Gasteiger charge is 2.35. The lowest BCUT2D eigenvalue weighted by molar-refractivity contribution is -0.143. The lowest BCUT2D eigenvalue weighted by atomic mass is 10.1. The molecule has 10 nitrogen and oxygen atoms in total. The predicted molar refractivity (Wildman–Crippen MR) is 141 cm³/mol. The molecule has 0 aliphatic carbocycles.